The number of amides is 1. The first-order chi connectivity index (χ1) is 13.6. The number of nitrogens with zero attached hydrogens (tertiary/aromatic N) is 3. The summed E-state index contributed by atoms with van der Waals surface area (Å²) in [6.45, 7) is 0. The molecule has 2 aromatic heterocycles. The van der Waals surface area contributed by atoms with E-state index in [2.05, 4.69) is 15.4 Å². The second-order valence-electron chi connectivity index (χ2n) is 6.30. The molecule has 0 spiro atoms. The molecule has 1 unspecified atom stereocenters. The minimum Gasteiger partial charge on any atom is -0.320 e. The fourth-order valence-corrected chi connectivity index (χ4v) is 3.50. The van der Waals surface area contributed by atoms with Crippen LogP contribution in [-0.4, -0.2) is 25.1 Å². The fourth-order valence-electron chi connectivity index (χ4n) is 2.83. The number of halogens is 5. The van der Waals surface area contributed by atoms with E-state index in [4.69, 9.17) is 23.2 Å². The molecule has 10 heteroatoms. The lowest BCUT2D eigenvalue weighted by atomic mass is 9.93. The molecule has 1 atom stereocenters. The Balaban J connectivity index is 1.98. The van der Waals surface area contributed by atoms with E-state index in [1.54, 1.807) is 43.6 Å². The lowest BCUT2D eigenvalue weighted by Gasteiger charge is -2.30. The second kappa shape index (κ2) is 8.04. The van der Waals surface area contributed by atoms with Crippen LogP contribution in [0.2, 0.25) is 0 Å². The van der Waals surface area contributed by atoms with Gasteiger partial charge < -0.3 is 5.32 Å². The van der Waals surface area contributed by atoms with Gasteiger partial charge in [-0.1, -0.05) is 47.5 Å². The van der Waals surface area contributed by atoms with Crippen LogP contribution in [-0.2, 0) is 13.2 Å². The number of benzene rings is 1. The first-order valence-electron chi connectivity index (χ1n) is 8.35. The number of alkyl halides is 5. The molecule has 2 heterocycles. The highest BCUT2D eigenvalue weighted by Crippen LogP contribution is 2.41. The molecule has 0 aliphatic heterocycles. The maximum atomic E-state index is 12.9. The van der Waals surface area contributed by atoms with Crippen LogP contribution in [0, 0.1) is 0 Å². The predicted octanol–water partition coefficient (Wildman–Crippen LogP) is 4.53. The summed E-state index contributed by atoms with van der Waals surface area (Å²) in [7, 11) is 1.66. The molecule has 152 valence electrons. The number of hydrogen-bond donors (Lipinski definition) is 1. The van der Waals surface area contributed by atoms with Crippen molar-refractivity contribution in [2.75, 3.05) is 0 Å². The number of carbonyl (C=O) groups excluding carboxylic acids is 1. The van der Waals surface area contributed by atoms with E-state index in [0.717, 1.165) is 12.3 Å². The van der Waals surface area contributed by atoms with Crippen LogP contribution < -0.4 is 5.32 Å². The zero-order chi connectivity index (χ0) is 21.2. The van der Waals surface area contributed by atoms with E-state index < -0.39 is 28.2 Å². The Labute approximate surface area is 174 Å². The Kier molecular flexibility index (Phi) is 5.86. The van der Waals surface area contributed by atoms with Crippen LogP contribution in [0.3, 0.4) is 0 Å². The third-order valence-corrected chi connectivity index (χ3v) is 4.77. The fraction of sp³-hybridized carbons (Fsp3) is 0.211. The van der Waals surface area contributed by atoms with Crippen LogP contribution in [0.4, 0.5) is 13.2 Å². The Bertz CT molecular complexity index is 989. The number of hydrogen-bond acceptors (Lipinski definition) is 3. The predicted molar refractivity (Wildman–Crippen MR) is 103 cm³/mol. The molecular formula is C19H15Cl2F3N4O. The number of pyridine rings is 1. The highest BCUT2D eigenvalue weighted by Gasteiger charge is 2.41. The summed E-state index contributed by atoms with van der Waals surface area (Å²) in [5.74, 6) is -1.47. The molecule has 1 N–H and O–H groups in total. The van der Waals surface area contributed by atoms with Crippen LogP contribution >= 0.6 is 23.2 Å². The Morgan fingerprint density at radius 3 is 2.28 bits per heavy atom. The van der Waals surface area contributed by atoms with Gasteiger partial charge >= 0.3 is 6.18 Å². The van der Waals surface area contributed by atoms with E-state index in [1.807, 2.05) is 0 Å². The summed E-state index contributed by atoms with van der Waals surface area (Å²) in [6.07, 6.45) is -0.468. The smallest absolute Gasteiger partial charge is 0.320 e. The minimum absolute atomic E-state index is 0.282. The van der Waals surface area contributed by atoms with E-state index in [0.29, 0.717) is 11.1 Å². The van der Waals surface area contributed by atoms with Crippen molar-refractivity contribution in [3.05, 3.63) is 83.4 Å². The van der Waals surface area contributed by atoms with E-state index in [9.17, 15) is 18.0 Å². The molecule has 0 aliphatic carbocycles. The Morgan fingerprint density at radius 1 is 1.07 bits per heavy atom. The first kappa shape index (κ1) is 21.1. The van der Waals surface area contributed by atoms with Crippen molar-refractivity contribution in [3.63, 3.8) is 0 Å². The SMILES string of the molecule is Cn1cc(C(c2ccc(C(F)(F)F)nc2)C(Cl)(Cl)NC(=O)c2ccccc2)cn1. The average Bonchev–Trinajstić information content (AvgIpc) is 3.07. The van der Waals surface area contributed by atoms with Crippen LogP contribution in [0.1, 0.15) is 33.1 Å². The lowest BCUT2D eigenvalue weighted by Crippen LogP contribution is -2.44. The van der Waals surface area contributed by atoms with Gasteiger partial charge in [-0.2, -0.15) is 18.3 Å². The van der Waals surface area contributed by atoms with Crippen molar-refractivity contribution >= 4 is 29.1 Å². The summed E-state index contributed by atoms with van der Waals surface area (Å²) in [5, 5.41) is 6.59. The maximum Gasteiger partial charge on any atom is 0.433 e. The molecule has 1 aromatic carbocycles. The van der Waals surface area contributed by atoms with Gasteiger partial charge in [-0.3, -0.25) is 14.5 Å². The second-order valence-corrected chi connectivity index (χ2v) is 7.68. The molecule has 5 nitrogen and oxygen atoms in total. The van der Waals surface area contributed by atoms with E-state index >= 15 is 0 Å². The van der Waals surface area contributed by atoms with E-state index in [1.165, 1.54) is 16.9 Å². The van der Waals surface area contributed by atoms with Crippen molar-refractivity contribution in [2.24, 2.45) is 7.05 Å². The van der Waals surface area contributed by atoms with Crippen molar-refractivity contribution in [1.29, 1.82) is 0 Å². The van der Waals surface area contributed by atoms with Crippen LogP contribution in [0.5, 0.6) is 0 Å². The van der Waals surface area contributed by atoms with Crippen molar-refractivity contribution in [1.82, 2.24) is 20.1 Å². The monoisotopic (exact) mass is 442 g/mol. The standard InChI is InChI=1S/C19H15Cl2F3N4O/c1-28-11-14(10-26-28)16(13-7-8-15(25-9-13)19(22,23)24)18(20,21)27-17(29)12-5-3-2-4-6-12/h2-11,16H,1H3,(H,27,29). The summed E-state index contributed by atoms with van der Waals surface area (Å²) >= 11 is 13.0. The van der Waals surface area contributed by atoms with Gasteiger partial charge in [0, 0.05) is 30.6 Å². The van der Waals surface area contributed by atoms with Crippen molar-refractivity contribution in [2.45, 2.75) is 16.6 Å². The highest BCUT2D eigenvalue weighted by atomic mass is 35.5. The lowest BCUT2D eigenvalue weighted by molar-refractivity contribution is -0.141. The number of aromatic nitrogens is 3. The van der Waals surface area contributed by atoms with Crippen LogP contribution in [0.25, 0.3) is 0 Å². The third-order valence-electron chi connectivity index (χ3n) is 4.15. The number of carbonyl (C=O) groups is 1. The quantitative estimate of drug-likeness (QED) is 0.466. The molecule has 29 heavy (non-hydrogen) atoms. The molecule has 3 rings (SSSR count). The molecule has 0 bridgehead atoms. The number of nitrogens with one attached hydrogen (secondary N) is 1. The largest absolute Gasteiger partial charge is 0.433 e. The topological polar surface area (TPSA) is 59.8 Å². The average molecular weight is 443 g/mol. The summed E-state index contributed by atoms with van der Waals surface area (Å²) in [6, 6.07) is 10.3. The van der Waals surface area contributed by atoms with Gasteiger partial charge in [-0.25, -0.2) is 0 Å². The summed E-state index contributed by atoms with van der Waals surface area (Å²) in [5.41, 5.74) is 0.0553. The highest BCUT2D eigenvalue weighted by molar-refractivity contribution is 6.49. The maximum absolute atomic E-state index is 12.9. The Hall–Kier alpha value is -2.58. The molecule has 3 aromatic rings. The molecule has 0 saturated heterocycles. The van der Waals surface area contributed by atoms with Gasteiger partial charge in [-0.05, 0) is 23.8 Å². The number of aryl methyl sites for hydroxylation is 1. The van der Waals surface area contributed by atoms with Gasteiger partial charge in [0.15, 0.2) is 0 Å². The van der Waals surface area contributed by atoms with Gasteiger partial charge in [0.05, 0.1) is 12.1 Å². The first-order valence-corrected chi connectivity index (χ1v) is 9.10. The summed E-state index contributed by atoms with van der Waals surface area (Å²) < 4.78 is 38.2. The van der Waals surface area contributed by atoms with Gasteiger partial charge in [0.25, 0.3) is 5.91 Å². The number of rotatable bonds is 5. The molecule has 0 saturated carbocycles. The van der Waals surface area contributed by atoms with E-state index in [-0.39, 0.29) is 5.56 Å². The van der Waals surface area contributed by atoms with Gasteiger partial charge in [0.2, 0.25) is 4.46 Å². The van der Waals surface area contributed by atoms with Crippen molar-refractivity contribution < 1.29 is 18.0 Å². The zero-order valence-electron chi connectivity index (χ0n) is 15.0. The molecule has 0 fully saturated rings. The van der Waals surface area contributed by atoms with Gasteiger partial charge in [-0.15, -0.1) is 0 Å². The third kappa shape index (κ3) is 4.89. The summed E-state index contributed by atoms with van der Waals surface area (Å²) in [4.78, 5) is 16.0. The minimum atomic E-state index is -4.58. The zero-order valence-corrected chi connectivity index (χ0v) is 16.5. The van der Waals surface area contributed by atoms with Crippen LogP contribution in [0.15, 0.2) is 61.1 Å². The molecule has 1 amide bonds. The normalized spacial score (nSPS) is 13.2. The molecular weight excluding hydrogens is 428 g/mol. The molecule has 0 radical (unpaired) electrons. The van der Waals surface area contributed by atoms with Gasteiger partial charge in [0.1, 0.15) is 5.69 Å². The van der Waals surface area contributed by atoms with Crippen molar-refractivity contribution in [3.8, 4) is 0 Å². The Morgan fingerprint density at radius 2 is 1.76 bits per heavy atom. The molecule has 0 aliphatic rings.